The SMILES string of the molecule is O=CC1CCCCN1Cc1nc(-c2cccs2)no1. The van der Waals surface area contributed by atoms with Crippen molar-refractivity contribution in [3.8, 4) is 10.7 Å². The highest BCUT2D eigenvalue weighted by molar-refractivity contribution is 7.13. The third-order valence-electron chi connectivity index (χ3n) is 3.37. The number of likely N-dealkylation sites (tertiary alicyclic amines) is 1. The van der Waals surface area contributed by atoms with Crippen molar-refractivity contribution in [3.63, 3.8) is 0 Å². The number of carbonyl (C=O) groups excluding carboxylic acids is 1. The van der Waals surface area contributed by atoms with Crippen LogP contribution in [0.5, 0.6) is 0 Å². The zero-order valence-electron chi connectivity index (χ0n) is 10.5. The van der Waals surface area contributed by atoms with Gasteiger partial charge in [0.2, 0.25) is 11.7 Å². The third kappa shape index (κ3) is 2.74. The molecule has 1 atom stereocenters. The number of rotatable bonds is 4. The Kier molecular flexibility index (Phi) is 3.70. The van der Waals surface area contributed by atoms with Crippen LogP contribution in [0.15, 0.2) is 22.0 Å². The molecular weight excluding hydrogens is 262 g/mol. The molecule has 6 heteroatoms. The standard InChI is InChI=1S/C13H15N3O2S/c17-9-10-4-1-2-6-16(10)8-12-14-13(15-18-12)11-5-3-7-19-11/h3,5,7,9-10H,1-2,4,6,8H2. The second-order valence-electron chi connectivity index (χ2n) is 4.66. The predicted octanol–water partition coefficient (Wildman–Crippen LogP) is 2.35. The predicted molar refractivity (Wildman–Crippen MR) is 71.7 cm³/mol. The van der Waals surface area contributed by atoms with Crippen molar-refractivity contribution in [2.45, 2.75) is 31.8 Å². The summed E-state index contributed by atoms with van der Waals surface area (Å²) in [5, 5.41) is 5.97. The topological polar surface area (TPSA) is 59.2 Å². The number of aromatic nitrogens is 2. The summed E-state index contributed by atoms with van der Waals surface area (Å²) in [5.74, 6) is 1.21. The lowest BCUT2D eigenvalue weighted by Gasteiger charge is -2.30. The Bertz CT molecular complexity index is 538. The van der Waals surface area contributed by atoms with Crippen LogP contribution < -0.4 is 0 Å². The van der Waals surface area contributed by atoms with E-state index < -0.39 is 0 Å². The zero-order chi connectivity index (χ0) is 13.1. The number of carbonyl (C=O) groups is 1. The van der Waals surface area contributed by atoms with Crippen LogP contribution in [0.1, 0.15) is 25.2 Å². The van der Waals surface area contributed by atoms with Crippen molar-refractivity contribution in [3.05, 3.63) is 23.4 Å². The minimum atomic E-state index is -0.00848. The van der Waals surface area contributed by atoms with E-state index in [0.717, 1.165) is 37.0 Å². The monoisotopic (exact) mass is 277 g/mol. The van der Waals surface area contributed by atoms with Crippen molar-refractivity contribution in [1.29, 1.82) is 0 Å². The molecule has 0 N–H and O–H groups in total. The van der Waals surface area contributed by atoms with Gasteiger partial charge < -0.3 is 9.32 Å². The van der Waals surface area contributed by atoms with Gasteiger partial charge in [-0.1, -0.05) is 17.6 Å². The summed E-state index contributed by atoms with van der Waals surface area (Å²) >= 11 is 1.59. The first-order valence-corrected chi connectivity index (χ1v) is 7.30. The minimum absolute atomic E-state index is 0.00848. The van der Waals surface area contributed by atoms with Gasteiger partial charge in [-0.15, -0.1) is 11.3 Å². The number of hydrogen-bond donors (Lipinski definition) is 0. The first kappa shape index (κ1) is 12.5. The van der Waals surface area contributed by atoms with E-state index in [2.05, 4.69) is 15.0 Å². The summed E-state index contributed by atoms with van der Waals surface area (Å²) in [5.41, 5.74) is 0. The molecule has 1 fully saturated rings. The fraction of sp³-hybridized carbons (Fsp3) is 0.462. The first-order valence-electron chi connectivity index (χ1n) is 6.42. The molecule has 0 aliphatic carbocycles. The molecule has 0 amide bonds. The Balaban J connectivity index is 1.71. The van der Waals surface area contributed by atoms with Gasteiger partial charge in [-0.05, 0) is 30.8 Å². The second kappa shape index (κ2) is 5.63. The molecule has 0 aromatic carbocycles. The van der Waals surface area contributed by atoms with E-state index in [9.17, 15) is 4.79 Å². The van der Waals surface area contributed by atoms with Gasteiger partial charge in [0.25, 0.3) is 0 Å². The van der Waals surface area contributed by atoms with Crippen LogP contribution in [0.4, 0.5) is 0 Å². The molecule has 1 unspecified atom stereocenters. The summed E-state index contributed by atoms with van der Waals surface area (Å²) in [6, 6.07) is 3.92. The Morgan fingerprint density at radius 1 is 1.53 bits per heavy atom. The maximum Gasteiger partial charge on any atom is 0.241 e. The lowest BCUT2D eigenvalue weighted by atomic mass is 10.0. The van der Waals surface area contributed by atoms with E-state index in [-0.39, 0.29) is 6.04 Å². The van der Waals surface area contributed by atoms with Gasteiger partial charge in [0.05, 0.1) is 17.5 Å². The van der Waals surface area contributed by atoms with Crippen molar-refractivity contribution in [1.82, 2.24) is 15.0 Å². The van der Waals surface area contributed by atoms with Crippen molar-refractivity contribution < 1.29 is 9.32 Å². The van der Waals surface area contributed by atoms with E-state index >= 15 is 0 Å². The lowest BCUT2D eigenvalue weighted by molar-refractivity contribution is -0.113. The molecule has 19 heavy (non-hydrogen) atoms. The summed E-state index contributed by atoms with van der Waals surface area (Å²) in [4.78, 5) is 18.6. The van der Waals surface area contributed by atoms with E-state index in [0.29, 0.717) is 18.3 Å². The summed E-state index contributed by atoms with van der Waals surface area (Å²) in [6.45, 7) is 1.47. The van der Waals surface area contributed by atoms with Crippen LogP contribution in [0.25, 0.3) is 10.7 Å². The van der Waals surface area contributed by atoms with E-state index in [1.807, 2.05) is 17.5 Å². The fourth-order valence-corrected chi connectivity index (χ4v) is 3.02. The molecule has 1 saturated heterocycles. The van der Waals surface area contributed by atoms with Crippen molar-refractivity contribution in [2.24, 2.45) is 0 Å². The summed E-state index contributed by atoms with van der Waals surface area (Å²) in [7, 11) is 0. The van der Waals surface area contributed by atoms with E-state index in [1.54, 1.807) is 11.3 Å². The molecule has 100 valence electrons. The highest BCUT2D eigenvalue weighted by Crippen LogP contribution is 2.23. The third-order valence-corrected chi connectivity index (χ3v) is 4.24. The molecule has 1 aliphatic rings. The Labute approximate surface area is 115 Å². The number of aldehydes is 1. The van der Waals surface area contributed by atoms with Crippen LogP contribution in [0.3, 0.4) is 0 Å². The molecule has 1 aliphatic heterocycles. The molecular formula is C13H15N3O2S. The number of nitrogens with zero attached hydrogens (tertiary/aromatic N) is 3. The van der Waals surface area contributed by atoms with Crippen LogP contribution >= 0.6 is 11.3 Å². The smallest absolute Gasteiger partial charge is 0.241 e. The second-order valence-corrected chi connectivity index (χ2v) is 5.61. The van der Waals surface area contributed by atoms with Crippen LogP contribution in [0, 0.1) is 0 Å². The van der Waals surface area contributed by atoms with Gasteiger partial charge in [0.1, 0.15) is 6.29 Å². The van der Waals surface area contributed by atoms with Gasteiger partial charge in [-0.25, -0.2) is 0 Å². The number of hydrogen-bond acceptors (Lipinski definition) is 6. The summed E-state index contributed by atoms with van der Waals surface area (Å²) in [6.07, 6.45) is 4.19. The fourth-order valence-electron chi connectivity index (χ4n) is 2.37. The normalized spacial score (nSPS) is 20.5. The molecule has 3 rings (SSSR count). The molecule has 0 saturated carbocycles. The van der Waals surface area contributed by atoms with E-state index in [1.165, 1.54) is 0 Å². The molecule has 0 bridgehead atoms. The van der Waals surface area contributed by atoms with Gasteiger partial charge >= 0.3 is 0 Å². The lowest BCUT2D eigenvalue weighted by Crippen LogP contribution is -2.39. The number of piperidine rings is 1. The van der Waals surface area contributed by atoms with Gasteiger partial charge in [0.15, 0.2) is 0 Å². The van der Waals surface area contributed by atoms with Gasteiger partial charge in [0, 0.05) is 0 Å². The molecule has 0 radical (unpaired) electrons. The van der Waals surface area contributed by atoms with Crippen molar-refractivity contribution >= 4 is 17.6 Å². The van der Waals surface area contributed by atoms with Gasteiger partial charge in [-0.3, -0.25) is 4.90 Å². The largest absolute Gasteiger partial charge is 0.338 e. The molecule has 5 nitrogen and oxygen atoms in total. The average Bonchev–Trinajstić information content (AvgIpc) is 3.09. The maximum absolute atomic E-state index is 11.0. The Morgan fingerprint density at radius 3 is 3.26 bits per heavy atom. The molecule has 2 aromatic heterocycles. The summed E-state index contributed by atoms with van der Waals surface area (Å²) < 4.78 is 5.27. The van der Waals surface area contributed by atoms with Crippen LogP contribution in [-0.4, -0.2) is 33.9 Å². The highest BCUT2D eigenvalue weighted by Gasteiger charge is 2.23. The highest BCUT2D eigenvalue weighted by atomic mass is 32.1. The first-order chi connectivity index (χ1) is 9.36. The van der Waals surface area contributed by atoms with Crippen molar-refractivity contribution in [2.75, 3.05) is 6.54 Å². The van der Waals surface area contributed by atoms with Crippen LogP contribution in [-0.2, 0) is 11.3 Å². The molecule has 0 spiro atoms. The quantitative estimate of drug-likeness (QED) is 0.803. The molecule has 2 aromatic rings. The maximum atomic E-state index is 11.0. The Morgan fingerprint density at radius 2 is 2.47 bits per heavy atom. The van der Waals surface area contributed by atoms with E-state index in [4.69, 9.17) is 4.52 Å². The van der Waals surface area contributed by atoms with Crippen LogP contribution in [0.2, 0.25) is 0 Å². The minimum Gasteiger partial charge on any atom is -0.338 e. The average molecular weight is 277 g/mol. The zero-order valence-corrected chi connectivity index (χ0v) is 11.3. The van der Waals surface area contributed by atoms with Gasteiger partial charge in [-0.2, -0.15) is 4.98 Å². The number of thiophene rings is 1. The molecule has 3 heterocycles. The Hall–Kier alpha value is -1.53.